The van der Waals surface area contributed by atoms with Crippen LogP contribution in [0.1, 0.15) is 53.2 Å². The molecule has 1 aromatic carbocycles. The summed E-state index contributed by atoms with van der Waals surface area (Å²) < 4.78 is 11.3. The number of aromatic nitrogens is 3. The zero-order chi connectivity index (χ0) is 35.0. The van der Waals surface area contributed by atoms with Crippen molar-refractivity contribution >= 4 is 63.5 Å². The van der Waals surface area contributed by atoms with Gasteiger partial charge in [-0.25, -0.2) is 24.5 Å². The highest BCUT2D eigenvalue weighted by molar-refractivity contribution is 7.17. The van der Waals surface area contributed by atoms with Crippen molar-refractivity contribution in [2.24, 2.45) is 0 Å². The van der Waals surface area contributed by atoms with Gasteiger partial charge in [0.25, 0.3) is 5.91 Å². The Hall–Kier alpha value is -4.21. The SMILES string of the molecule is Cc1nc(Nc2ncc(C(=O)Nc3c(C)cccc3Cl)s2)cc(N2CCN(CCOC(=O)N3CCN(C(=O)OC4CCCCC4)CC3)CC2)n1. The number of carbonyl (C=O) groups is 3. The Kier molecular flexibility index (Phi) is 11.9. The fourth-order valence-corrected chi connectivity index (χ4v) is 7.30. The van der Waals surface area contributed by atoms with Crippen molar-refractivity contribution < 1.29 is 23.9 Å². The number of amides is 3. The lowest BCUT2D eigenvalue weighted by Gasteiger charge is -2.36. The molecule has 0 atom stereocenters. The van der Waals surface area contributed by atoms with E-state index in [1.54, 1.807) is 15.9 Å². The van der Waals surface area contributed by atoms with E-state index < -0.39 is 0 Å². The molecule has 4 heterocycles. The van der Waals surface area contributed by atoms with Gasteiger partial charge in [0.2, 0.25) is 0 Å². The Balaban J connectivity index is 0.914. The second-order valence-electron chi connectivity index (χ2n) is 12.8. The van der Waals surface area contributed by atoms with Crippen LogP contribution in [0.25, 0.3) is 0 Å². The molecule has 3 amide bonds. The van der Waals surface area contributed by atoms with Crippen LogP contribution in [0.2, 0.25) is 5.02 Å². The van der Waals surface area contributed by atoms with E-state index in [0.29, 0.717) is 71.7 Å². The number of rotatable bonds is 9. The van der Waals surface area contributed by atoms with Crippen molar-refractivity contribution in [3.63, 3.8) is 0 Å². The maximum Gasteiger partial charge on any atom is 0.410 e. The molecule has 1 saturated carbocycles. The molecule has 2 N–H and O–H groups in total. The molecule has 3 fully saturated rings. The van der Waals surface area contributed by atoms with Gasteiger partial charge in [-0.1, -0.05) is 41.5 Å². The lowest BCUT2D eigenvalue weighted by molar-refractivity contribution is 0.0287. The molecule has 14 nitrogen and oxygen atoms in total. The molecule has 0 radical (unpaired) electrons. The predicted molar refractivity (Wildman–Crippen MR) is 193 cm³/mol. The summed E-state index contributed by atoms with van der Waals surface area (Å²) in [6.07, 6.45) is 6.25. The van der Waals surface area contributed by atoms with Crippen LogP contribution in [0.4, 0.5) is 32.0 Å². The zero-order valence-corrected chi connectivity index (χ0v) is 30.1. The van der Waals surface area contributed by atoms with Gasteiger partial charge in [-0.3, -0.25) is 9.69 Å². The first-order valence-electron chi connectivity index (χ1n) is 17.2. The molecular weight excluding hydrogens is 682 g/mol. The first-order chi connectivity index (χ1) is 24.2. The van der Waals surface area contributed by atoms with E-state index in [1.807, 2.05) is 32.0 Å². The Morgan fingerprint density at radius 2 is 1.66 bits per heavy atom. The molecule has 2 saturated heterocycles. The maximum absolute atomic E-state index is 12.9. The molecular formula is C34H44ClN9O5S. The van der Waals surface area contributed by atoms with E-state index in [4.69, 9.17) is 21.1 Å². The quantitative estimate of drug-likeness (QED) is 0.287. The number of aryl methyl sites for hydroxylation is 2. The molecule has 2 aromatic heterocycles. The van der Waals surface area contributed by atoms with Crippen molar-refractivity contribution in [3.05, 3.63) is 51.7 Å². The number of nitrogens with one attached hydrogen (secondary N) is 2. The average Bonchev–Trinajstić information content (AvgIpc) is 3.59. The van der Waals surface area contributed by atoms with Crippen LogP contribution < -0.4 is 15.5 Å². The molecule has 0 spiro atoms. The van der Waals surface area contributed by atoms with Gasteiger partial charge in [-0.05, 0) is 51.2 Å². The summed E-state index contributed by atoms with van der Waals surface area (Å²) in [7, 11) is 0. The van der Waals surface area contributed by atoms with Crippen LogP contribution in [-0.2, 0) is 9.47 Å². The predicted octanol–water partition coefficient (Wildman–Crippen LogP) is 5.54. The zero-order valence-electron chi connectivity index (χ0n) is 28.5. The van der Waals surface area contributed by atoms with Crippen molar-refractivity contribution in [2.75, 3.05) is 81.0 Å². The molecule has 6 rings (SSSR count). The van der Waals surface area contributed by atoms with Gasteiger partial charge in [0.1, 0.15) is 35.0 Å². The monoisotopic (exact) mass is 725 g/mol. The number of hydrogen-bond acceptors (Lipinski definition) is 12. The Bertz CT molecular complexity index is 1630. The van der Waals surface area contributed by atoms with Gasteiger partial charge in [-0.2, -0.15) is 0 Å². The van der Waals surface area contributed by atoms with Crippen LogP contribution in [0.15, 0.2) is 30.5 Å². The van der Waals surface area contributed by atoms with Crippen LogP contribution in [-0.4, -0.2) is 119 Å². The minimum absolute atomic E-state index is 0.0252. The van der Waals surface area contributed by atoms with Gasteiger partial charge in [-0.15, -0.1) is 0 Å². The minimum Gasteiger partial charge on any atom is -0.448 e. The summed E-state index contributed by atoms with van der Waals surface area (Å²) in [5.41, 5.74) is 1.46. The number of hydrogen-bond donors (Lipinski definition) is 2. The normalized spacial score (nSPS) is 17.4. The standard InChI is InChI=1S/C34H44ClN9O5S/c1-23-7-6-10-26(35)30(23)40-31(45)27-22-36-32(50-27)39-28-21-29(38-24(2)37-28)42-13-11-41(12-14-42)19-20-48-33(46)43-15-17-44(18-16-43)34(47)49-25-8-4-3-5-9-25/h6-7,10,21-22,25H,3-5,8-9,11-20H2,1-2H3,(H,40,45)(H,36,37,38,39). The molecule has 3 aliphatic rings. The van der Waals surface area contributed by atoms with Crippen molar-refractivity contribution in [2.45, 2.75) is 52.1 Å². The Morgan fingerprint density at radius 1 is 0.940 bits per heavy atom. The fourth-order valence-electron chi connectivity index (χ4n) is 6.32. The molecule has 16 heteroatoms. The molecule has 3 aromatic rings. The summed E-state index contributed by atoms with van der Waals surface area (Å²) in [5.74, 6) is 1.72. The molecule has 0 bridgehead atoms. The van der Waals surface area contributed by atoms with Crippen molar-refractivity contribution in [1.82, 2.24) is 29.7 Å². The van der Waals surface area contributed by atoms with Gasteiger partial charge in [0.15, 0.2) is 5.13 Å². The first kappa shape index (κ1) is 35.6. The second-order valence-corrected chi connectivity index (χ2v) is 14.2. The van der Waals surface area contributed by atoms with Crippen molar-refractivity contribution in [3.8, 4) is 0 Å². The van der Waals surface area contributed by atoms with Crippen molar-refractivity contribution in [1.29, 1.82) is 0 Å². The summed E-state index contributed by atoms with van der Waals surface area (Å²) in [4.78, 5) is 59.9. The number of halogens is 1. The number of anilines is 4. The van der Waals surface area contributed by atoms with Crippen LogP contribution in [0.5, 0.6) is 0 Å². The Labute approximate surface area is 301 Å². The highest BCUT2D eigenvalue weighted by Crippen LogP contribution is 2.29. The number of para-hydroxylation sites is 1. The number of carbonyl (C=O) groups excluding carboxylic acids is 3. The number of nitrogens with zero attached hydrogens (tertiary/aromatic N) is 7. The fraction of sp³-hybridized carbons (Fsp3) is 0.529. The largest absolute Gasteiger partial charge is 0.448 e. The molecule has 268 valence electrons. The minimum atomic E-state index is -0.343. The van der Waals surface area contributed by atoms with E-state index in [2.05, 4.69) is 35.4 Å². The van der Waals surface area contributed by atoms with Crippen LogP contribution in [0.3, 0.4) is 0 Å². The van der Waals surface area contributed by atoms with E-state index in [0.717, 1.165) is 63.2 Å². The lowest BCUT2D eigenvalue weighted by Crippen LogP contribution is -2.51. The van der Waals surface area contributed by atoms with E-state index >= 15 is 0 Å². The highest BCUT2D eigenvalue weighted by Gasteiger charge is 2.28. The number of thiazole rings is 1. The van der Waals surface area contributed by atoms with E-state index in [1.165, 1.54) is 24.0 Å². The summed E-state index contributed by atoms with van der Waals surface area (Å²) >= 11 is 7.50. The smallest absolute Gasteiger partial charge is 0.410 e. The molecule has 0 unspecified atom stereocenters. The number of benzene rings is 1. The molecule has 50 heavy (non-hydrogen) atoms. The third-order valence-electron chi connectivity index (χ3n) is 9.19. The summed E-state index contributed by atoms with van der Waals surface area (Å²) in [6.45, 7) is 9.55. The number of piperazine rings is 2. The lowest BCUT2D eigenvalue weighted by atomic mass is 9.98. The van der Waals surface area contributed by atoms with Gasteiger partial charge in [0.05, 0.1) is 16.9 Å². The van der Waals surface area contributed by atoms with Gasteiger partial charge in [0, 0.05) is 65.0 Å². The second kappa shape index (κ2) is 16.7. The third kappa shape index (κ3) is 9.31. The molecule has 1 aliphatic carbocycles. The highest BCUT2D eigenvalue weighted by atomic mass is 35.5. The van der Waals surface area contributed by atoms with E-state index in [-0.39, 0.29) is 24.2 Å². The maximum atomic E-state index is 12.9. The van der Waals surface area contributed by atoms with Gasteiger partial charge >= 0.3 is 12.2 Å². The number of ether oxygens (including phenoxy) is 2. The van der Waals surface area contributed by atoms with Gasteiger partial charge < -0.3 is 34.8 Å². The van der Waals surface area contributed by atoms with E-state index in [9.17, 15) is 14.4 Å². The third-order valence-corrected chi connectivity index (χ3v) is 10.4. The first-order valence-corrected chi connectivity index (χ1v) is 18.4. The van der Waals surface area contributed by atoms with Crippen LogP contribution >= 0.6 is 22.9 Å². The van der Waals surface area contributed by atoms with Crippen LogP contribution in [0, 0.1) is 13.8 Å². The topological polar surface area (TPSA) is 145 Å². The molecule has 2 aliphatic heterocycles. The average molecular weight is 726 g/mol. The summed E-state index contributed by atoms with van der Waals surface area (Å²) in [5, 5.41) is 7.11. The summed E-state index contributed by atoms with van der Waals surface area (Å²) in [6, 6.07) is 7.34. The Morgan fingerprint density at radius 3 is 2.38 bits per heavy atom.